The van der Waals surface area contributed by atoms with E-state index in [0.717, 1.165) is 17.7 Å². The largest absolute Gasteiger partial charge is 0.452 e. The number of aromatic nitrogens is 1. The van der Waals surface area contributed by atoms with Gasteiger partial charge in [-0.2, -0.15) is 0 Å². The Bertz CT molecular complexity index is 1390. The normalized spacial score (nSPS) is 13.1. The number of aliphatic imine (C=N–C) groups is 1. The number of pyridine rings is 1. The van der Waals surface area contributed by atoms with Crippen LogP contribution in [0.5, 0.6) is 0 Å². The van der Waals surface area contributed by atoms with Crippen LogP contribution in [0.15, 0.2) is 76.6 Å². The second kappa shape index (κ2) is 10.5. The summed E-state index contributed by atoms with van der Waals surface area (Å²) in [6.45, 7) is 1.75. The van der Waals surface area contributed by atoms with Crippen LogP contribution in [0.1, 0.15) is 28.9 Å². The molecule has 0 fully saturated rings. The van der Waals surface area contributed by atoms with Crippen LogP contribution < -0.4 is 10.0 Å². The van der Waals surface area contributed by atoms with Gasteiger partial charge in [-0.3, -0.25) is 19.5 Å². The van der Waals surface area contributed by atoms with E-state index in [1.807, 2.05) is 30.3 Å². The highest BCUT2D eigenvalue weighted by Crippen LogP contribution is 2.19. The third-order valence-corrected chi connectivity index (χ3v) is 6.64. The van der Waals surface area contributed by atoms with E-state index in [9.17, 15) is 18.0 Å². The number of carbonyl (C=O) groups excluding carboxylic acids is 2. The third kappa shape index (κ3) is 6.10. The number of esters is 1. The molecule has 0 aliphatic carbocycles. The number of anilines is 1. The smallest absolute Gasteiger partial charge is 0.340 e. The number of hydrogen-bond acceptors (Lipinski definition) is 7. The summed E-state index contributed by atoms with van der Waals surface area (Å²) in [4.78, 5) is 33.4. The first-order valence-corrected chi connectivity index (χ1v) is 12.5. The molecule has 0 unspecified atom stereocenters. The average molecular weight is 493 g/mol. The van der Waals surface area contributed by atoms with Gasteiger partial charge in [0.05, 0.1) is 21.8 Å². The highest BCUT2D eigenvalue weighted by Gasteiger charge is 2.19. The van der Waals surface area contributed by atoms with Crippen LogP contribution in [0.25, 0.3) is 11.3 Å². The van der Waals surface area contributed by atoms with Gasteiger partial charge in [0.25, 0.3) is 15.9 Å². The molecule has 3 aromatic rings. The van der Waals surface area contributed by atoms with Crippen LogP contribution in [0.2, 0.25) is 0 Å². The van der Waals surface area contributed by atoms with E-state index >= 15 is 0 Å². The standard InChI is InChI=1S/C25H24N4O5S/c1-17-21(12-13-22(27-17)18-7-3-2-4-8-18)25(31)34-16-24(30)28-19-9-5-10-20(15-19)35(32,33)29-23-11-6-14-26-23/h2-5,7-10,12-13,15H,6,11,14,16H2,1H3,(H,26,29)(H,28,30). The first-order chi connectivity index (χ1) is 16.8. The fraction of sp³-hybridized carbons (Fsp3) is 0.200. The predicted molar refractivity (Wildman–Crippen MR) is 132 cm³/mol. The zero-order chi connectivity index (χ0) is 24.8. The minimum atomic E-state index is -3.82. The van der Waals surface area contributed by atoms with Gasteiger partial charge in [-0.1, -0.05) is 36.4 Å². The summed E-state index contributed by atoms with van der Waals surface area (Å²) in [5, 5.41) is 2.55. The molecule has 0 atom stereocenters. The molecular weight excluding hydrogens is 468 g/mol. The highest BCUT2D eigenvalue weighted by atomic mass is 32.2. The molecule has 35 heavy (non-hydrogen) atoms. The summed E-state index contributed by atoms with van der Waals surface area (Å²) in [6.07, 6.45) is 1.38. The van der Waals surface area contributed by atoms with Crippen molar-refractivity contribution >= 4 is 33.4 Å². The molecule has 0 bridgehead atoms. The number of carbonyl (C=O) groups is 2. The van der Waals surface area contributed by atoms with Gasteiger partial charge in [0.2, 0.25) is 0 Å². The molecule has 9 nitrogen and oxygen atoms in total. The van der Waals surface area contributed by atoms with E-state index in [1.54, 1.807) is 25.1 Å². The van der Waals surface area contributed by atoms with Crippen molar-refractivity contribution < 1.29 is 22.7 Å². The zero-order valence-electron chi connectivity index (χ0n) is 19.0. The van der Waals surface area contributed by atoms with E-state index < -0.39 is 28.5 Å². The summed E-state index contributed by atoms with van der Waals surface area (Å²) < 4.78 is 32.7. The summed E-state index contributed by atoms with van der Waals surface area (Å²) >= 11 is 0. The maximum Gasteiger partial charge on any atom is 0.340 e. The van der Waals surface area contributed by atoms with Crippen molar-refractivity contribution in [2.45, 2.75) is 24.7 Å². The molecule has 2 N–H and O–H groups in total. The number of nitrogens with one attached hydrogen (secondary N) is 2. The molecule has 1 aromatic heterocycles. The fourth-order valence-corrected chi connectivity index (χ4v) is 4.66. The molecule has 1 aliphatic heterocycles. The Morgan fingerprint density at radius 1 is 1.03 bits per heavy atom. The Morgan fingerprint density at radius 3 is 2.54 bits per heavy atom. The highest BCUT2D eigenvalue weighted by molar-refractivity contribution is 7.90. The lowest BCUT2D eigenvalue weighted by Crippen LogP contribution is -2.29. The second-order valence-electron chi connectivity index (χ2n) is 7.89. The van der Waals surface area contributed by atoms with Crippen molar-refractivity contribution in [2.24, 2.45) is 4.99 Å². The summed E-state index contributed by atoms with van der Waals surface area (Å²) in [5.41, 5.74) is 2.64. The number of amides is 1. The Hall–Kier alpha value is -4.05. The molecule has 1 aliphatic rings. The van der Waals surface area contributed by atoms with E-state index in [0.29, 0.717) is 24.5 Å². The van der Waals surface area contributed by atoms with Crippen molar-refractivity contribution in [3.05, 3.63) is 78.0 Å². The molecule has 1 amide bonds. The summed E-state index contributed by atoms with van der Waals surface area (Å²) in [7, 11) is -3.82. The SMILES string of the molecule is Cc1nc(-c2ccccc2)ccc1C(=O)OCC(=O)Nc1cccc(S(=O)(=O)NC2=NCCC2)c1. The molecule has 2 aromatic carbocycles. The Morgan fingerprint density at radius 2 is 1.83 bits per heavy atom. The van der Waals surface area contributed by atoms with Crippen LogP contribution in [0, 0.1) is 6.92 Å². The number of hydrogen-bond donors (Lipinski definition) is 2. The van der Waals surface area contributed by atoms with E-state index in [1.165, 1.54) is 18.2 Å². The third-order valence-electron chi connectivity index (χ3n) is 5.26. The monoisotopic (exact) mass is 492 g/mol. The second-order valence-corrected chi connectivity index (χ2v) is 9.57. The minimum Gasteiger partial charge on any atom is -0.452 e. The summed E-state index contributed by atoms with van der Waals surface area (Å²) in [6, 6.07) is 18.7. The Balaban J connectivity index is 1.35. The number of ether oxygens (including phenoxy) is 1. The van der Waals surface area contributed by atoms with Crippen molar-refractivity contribution in [3.8, 4) is 11.3 Å². The van der Waals surface area contributed by atoms with E-state index in [2.05, 4.69) is 20.0 Å². The number of aryl methyl sites for hydroxylation is 1. The minimum absolute atomic E-state index is 0.0119. The molecule has 0 radical (unpaired) electrons. The quantitative estimate of drug-likeness (QED) is 0.487. The van der Waals surface area contributed by atoms with Crippen LogP contribution in [-0.2, 0) is 19.6 Å². The number of benzene rings is 2. The van der Waals surface area contributed by atoms with Gasteiger partial charge in [0.15, 0.2) is 6.61 Å². The lowest BCUT2D eigenvalue weighted by molar-refractivity contribution is -0.119. The van der Waals surface area contributed by atoms with Gasteiger partial charge >= 0.3 is 5.97 Å². The maximum absolute atomic E-state index is 12.6. The van der Waals surface area contributed by atoms with Crippen molar-refractivity contribution in [1.29, 1.82) is 0 Å². The summed E-state index contributed by atoms with van der Waals surface area (Å²) in [5.74, 6) is -0.858. The van der Waals surface area contributed by atoms with Crippen molar-refractivity contribution in [1.82, 2.24) is 9.71 Å². The van der Waals surface area contributed by atoms with Crippen LogP contribution >= 0.6 is 0 Å². The zero-order valence-corrected chi connectivity index (χ0v) is 19.8. The fourth-order valence-electron chi connectivity index (χ4n) is 3.53. The predicted octanol–water partition coefficient (Wildman–Crippen LogP) is 3.32. The van der Waals surface area contributed by atoms with Crippen LogP contribution in [0.4, 0.5) is 5.69 Å². The van der Waals surface area contributed by atoms with Gasteiger partial charge < -0.3 is 10.1 Å². The van der Waals surface area contributed by atoms with Gasteiger partial charge in [-0.05, 0) is 43.7 Å². The molecule has 4 rings (SSSR count). The molecular formula is C25H24N4O5S. The molecule has 0 spiro atoms. The number of amidine groups is 1. The number of sulfonamides is 1. The topological polar surface area (TPSA) is 127 Å². The maximum atomic E-state index is 12.6. The van der Waals surface area contributed by atoms with E-state index in [4.69, 9.17) is 4.74 Å². The average Bonchev–Trinajstić information content (AvgIpc) is 3.35. The van der Waals surface area contributed by atoms with Crippen molar-refractivity contribution in [3.63, 3.8) is 0 Å². The lowest BCUT2D eigenvalue weighted by Gasteiger charge is -2.11. The molecule has 2 heterocycles. The first kappa shape index (κ1) is 24.1. The van der Waals surface area contributed by atoms with Gasteiger partial charge in [-0.15, -0.1) is 0 Å². The van der Waals surface area contributed by atoms with Crippen molar-refractivity contribution in [2.75, 3.05) is 18.5 Å². The molecule has 0 saturated carbocycles. The lowest BCUT2D eigenvalue weighted by atomic mass is 10.1. The molecule has 0 saturated heterocycles. The van der Waals surface area contributed by atoms with Gasteiger partial charge in [0.1, 0.15) is 5.84 Å². The number of nitrogens with zero attached hydrogens (tertiary/aromatic N) is 2. The van der Waals surface area contributed by atoms with Crippen LogP contribution in [0.3, 0.4) is 0 Å². The number of rotatable bonds is 7. The molecule has 180 valence electrons. The van der Waals surface area contributed by atoms with Gasteiger partial charge in [0, 0.05) is 24.2 Å². The molecule has 10 heteroatoms. The Labute approximate surface area is 203 Å². The van der Waals surface area contributed by atoms with E-state index in [-0.39, 0.29) is 16.1 Å². The van der Waals surface area contributed by atoms with Crippen LogP contribution in [-0.4, -0.2) is 44.3 Å². The Kier molecular flexibility index (Phi) is 7.21. The first-order valence-electron chi connectivity index (χ1n) is 11.0. The van der Waals surface area contributed by atoms with Gasteiger partial charge in [-0.25, -0.2) is 13.2 Å².